The average Bonchev–Trinajstić information content (AvgIpc) is 3.47. The van der Waals surface area contributed by atoms with Gasteiger partial charge in [0, 0.05) is 16.1 Å². The molecule has 0 saturated carbocycles. The lowest BCUT2D eigenvalue weighted by Gasteiger charge is -1.98. The van der Waals surface area contributed by atoms with Crippen LogP contribution >= 0.6 is 11.6 Å². The zero-order chi connectivity index (χ0) is 22.2. The molecular weight excluding hydrogens is 432 g/mol. The van der Waals surface area contributed by atoms with Crippen LogP contribution in [0.25, 0.3) is 57.3 Å². The number of oxazole rings is 2. The van der Waals surface area contributed by atoms with E-state index in [1.54, 1.807) is 12.1 Å². The van der Waals surface area contributed by atoms with Crippen molar-refractivity contribution in [2.75, 3.05) is 0 Å². The summed E-state index contributed by atoms with van der Waals surface area (Å²) < 4.78 is 11.8. The molecule has 0 aliphatic heterocycles. The summed E-state index contributed by atoms with van der Waals surface area (Å²) in [5, 5.41) is 0.641. The van der Waals surface area contributed by atoms with E-state index in [9.17, 15) is 0 Å². The van der Waals surface area contributed by atoms with Gasteiger partial charge in [0.05, 0.1) is 0 Å². The first kappa shape index (κ1) is 19.5. The molecule has 33 heavy (non-hydrogen) atoms. The SMILES string of the molecule is Clc1ccc2oc(-c3ccc(C=Cc4ccc5nc(-c6ccccc6)oc5c4)cc3)nc2c1. The number of benzene rings is 4. The van der Waals surface area contributed by atoms with Crippen molar-refractivity contribution in [2.45, 2.75) is 0 Å². The van der Waals surface area contributed by atoms with Crippen LogP contribution in [-0.2, 0) is 0 Å². The van der Waals surface area contributed by atoms with Crippen LogP contribution in [0.2, 0.25) is 5.02 Å². The van der Waals surface area contributed by atoms with Gasteiger partial charge in [0.25, 0.3) is 0 Å². The van der Waals surface area contributed by atoms with E-state index in [2.05, 4.69) is 22.1 Å². The second-order valence-electron chi connectivity index (χ2n) is 7.70. The minimum atomic E-state index is 0.577. The fourth-order valence-corrected chi connectivity index (χ4v) is 3.87. The average molecular weight is 449 g/mol. The van der Waals surface area contributed by atoms with Crippen LogP contribution in [0.5, 0.6) is 0 Å². The molecule has 6 aromatic rings. The minimum Gasteiger partial charge on any atom is -0.436 e. The molecule has 2 aromatic heterocycles. The first-order valence-electron chi connectivity index (χ1n) is 10.5. The molecule has 0 aliphatic carbocycles. The lowest BCUT2D eigenvalue weighted by Crippen LogP contribution is -1.78. The summed E-state index contributed by atoms with van der Waals surface area (Å²) in [6, 6.07) is 29.4. The van der Waals surface area contributed by atoms with Crippen LogP contribution in [0.1, 0.15) is 11.1 Å². The molecule has 0 bridgehead atoms. The van der Waals surface area contributed by atoms with Gasteiger partial charge in [-0.1, -0.05) is 60.2 Å². The molecule has 5 heteroatoms. The Balaban J connectivity index is 1.23. The summed E-state index contributed by atoms with van der Waals surface area (Å²) in [6.07, 6.45) is 4.12. The molecule has 2 heterocycles. The Kier molecular flexibility index (Phi) is 4.78. The molecular formula is C28H17ClN2O2. The molecule has 0 fully saturated rings. The quantitative estimate of drug-likeness (QED) is 0.255. The van der Waals surface area contributed by atoms with E-state index in [4.69, 9.17) is 20.4 Å². The van der Waals surface area contributed by atoms with Crippen molar-refractivity contribution in [3.8, 4) is 22.9 Å². The number of nitrogens with zero attached hydrogens (tertiary/aromatic N) is 2. The van der Waals surface area contributed by atoms with Crippen LogP contribution in [0.3, 0.4) is 0 Å². The fourth-order valence-electron chi connectivity index (χ4n) is 3.70. The second kappa shape index (κ2) is 8.08. The Hall–Kier alpha value is -4.15. The van der Waals surface area contributed by atoms with Gasteiger partial charge >= 0.3 is 0 Å². The van der Waals surface area contributed by atoms with Crippen LogP contribution in [0.15, 0.2) is 99.8 Å². The summed E-state index contributed by atoms with van der Waals surface area (Å²) in [5.74, 6) is 1.21. The first-order chi connectivity index (χ1) is 16.2. The van der Waals surface area contributed by atoms with E-state index in [1.165, 1.54) is 0 Å². The van der Waals surface area contributed by atoms with Crippen LogP contribution in [-0.4, -0.2) is 9.97 Å². The Morgan fingerprint density at radius 1 is 0.576 bits per heavy atom. The number of halogens is 1. The maximum Gasteiger partial charge on any atom is 0.227 e. The highest BCUT2D eigenvalue weighted by molar-refractivity contribution is 6.31. The lowest BCUT2D eigenvalue weighted by atomic mass is 10.1. The first-order valence-corrected chi connectivity index (χ1v) is 10.9. The predicted molar refractivity (Wildman–Crippen MR) is 133 cm³/mol. The number of hydrogen-bond acceptors (Lipinski definition) is 4. The van der Waals surface area contributed by atoms with E-state index in [0.717, 1.165) is 44.5 Å². The van der Waals surface area contributed by atoms with Gasteiger partial charge in [-0.05, 0) is 65.7 Å². The van der Waals surface area contributed by atoms with Crippen molar-refractivity contribution in [3.63, 3.8) is 0 Å². The smallest absolute Gasteiger partial charge is 0.227 e. The number of aromatic nitrogens is 2. The molecule has 0 unspecified atom stereocenters. The van der Waals surface area contributed by atoms with Crippen molar-refractivity contribution >= 4 is 46.0 Å². The van der Waals surface area contributed by atoms with Gasteiger partial charge in [0.15, 0.2) is 11.2 Å². The second-order valence-corrected chi connectivity index (χ2v) is 8.14. The molecule has 158 valence electrons. The standard InChI is InChI=1S/C28H17ClN2O2/c29-22-13-15-25-24(17-22)31-28(32-25)21-11-8-18(9-12-21)6-7-19-10-14-23-26(16-19)33-27(30-23)20-4-2-1-3-5-20/h1-17H. The summed E-state index contributed by atoms with van der Waals surface area (Å²) in [6.45, 7) is 0. The summed E-state index contributed by atoms with van der Waals surface area (Å²) in [4.78, 5) is 9.12. The lowest BCUT2D eigenvalue weighted by molar-refractivity contribution is 0.619. The molecule has 6 rings (SSSR count). The molecule has 0 saturated heterocycles. The van der Waals surface area contributed by atoms with Crippen LogP contribution < -0.4 is 0 Å². The molecule has 0 radical (unpaired) electrons. The monoisotopic (exact) mass is 448 g/mol. The van der Waals surface area contributed by atoms with Crippen molar-refractivity contribution in [3.05, 3.63) is 107 Å². The molecule has 4 nitrogen and oxygen atoms in total. The highest BCUT2D eigenvalue weighted by Crippen LogP contribution is 2.28. The topological polar surface area (TPSA) is 52.1 Å². The Morgan fingerprint density at radius 2 is 1.24 bits per heavy atom. The molecule has 4 aromatic carbocycles. The van der Waals surface area contributed by atoms with Crippen molar-refractivity contribution < 1.29 is 8.83 Å². The van der Waals surface area contributed by atoms with Crippen molar-refractivity contribution in [1.82, 2.24) is 9.97 Å². The van der Waals surface area contributed by atoms with E-state index >= 15 is 0 Å². The Morgan fingerprint density at radius 3 is 2.06 bits per heavy atom. The third-order valence-corrected chi connectivity index (χ3v) is 5.64. The van der Waals surface area contributed by atoms with Crippen LogP contribution in [0.4, 0.5) is 0 Å². The van der Waals surface area contributed by atoms with Crippen molar-refractivity contribution in [2.24, 2.45) is 0 Å². The van der Waals surface area contributed by atoms with E-state index in [0.29, 0.717) is 16.8 Å². The molecule has 0 amide bonds. The molecule has 0 aliphatic rings. The van der Waals surface area contributed by atoms with E-state index in [-0.39, 0.29) is 0 Å². The zero-order valence-electron chi connectivity index (χ0n) is 17.4. The van der Waals surface area contributed by atoms with Gasteiger partial charge < -0.3 is 8.83 Å². The van der Waals surface area contributed by atoms with E-state index < -0.39 is 0 Å². The highest BCUT2D eigenvalue weighted by atomic mass is 35.5. The maximum atomic E-state index is 6.04. The summed E-state index contributed by atoms with van der Waals surface area (Å²) >= 11 is 6.04. The number of rotatable bonds is 4. The summed E-state index contributed by atoms with van der Waals surface area (Å²) in [7, 11) is 0. The maximum absolute atomic E-state index is 6.04. The van der Waals surface area contributed by atoms with Crippen molar-refractivity contribution in [1.29, 1.82) is 0 Å². The number of hydrogen-bond donors (Lipinski definition) is 0. The molecule has 0 N–H and O–H groups in total. The minimum absolute atomic E-state index is 0.577. The normalized spacial score (nSPS) is 11.7. The molecule has 0 spiro atoms. The Bertz CT molecular complexity index is 1610. The largest absolute Gasteiger partial charge is 0.436 e. The predicted octanol–water partition coefficient (Wildman–Crippen LogP) is 8.13. The highest BCUT2D eigenvalue weighted by Gasteiger charge is 2.09. The summed E-state index contributed by atoms with van der Waals surface area (Å²) in [5.41, 5.74) is 7.07. The van der Waals surface area contributed by atoms with Gasteiger partial charge in [0.1, 0.15) is 11.0 Å². The van der Waals surface area contributed by atoms with Gasteiger partial charge in [-0.25, -0.2) is 9.97 Å². The van der Waals surface area contributed by atoms with Gasteiger partial charge in [0.2, 0.25) is 11.8 Å². The van der Waals surface area contributed by atoms with Crippen LogP contribution in [0, 0.1) is 0 Å². The van der Waals surface area contributed by atoms with Gasteiger partial charge in [-0.2, -0.15) is 0 Å². The zero-order valence-corrected chi connectivity index (χ0v) is 18.2. The third-order valence-electron chi connectivity index (χ3n) is 5.41. The van der Waals surface area contributed by atoms with E-state index in [1.807, 2.05) is 78.9 Å². The third kappa shape index (κ3) is 3.93. The number of fused-ring (bicyclic) bond motifs is 2. The van der Waals surface area contributed by atoms with Gasteiger partial charge in [-0.15, -0.1) is 0 Å². The fraction of sp³-hybridized carbons (Fsp3) is 0. The van der Waals surface area contributed by atoms with Gasteiger partial charge in [-0.3, -0.25) is 0 Å². The molecule has 0 atom stereocenters. The Labute approximate surface area is 194 Å².